The van der Waals surface area contributed by atoms with Crippen molar-refractivity contribution in [2.24, 2.45) is 5.41 Å². The first kappa shape index (κ1) is 24.6. The first-order chi connectivity index (χ1) is 16.5. The number of halogens is 3. The molecule has 1 aliphatic rings. The van der Waals surface area contributed by atoms with Crippen molar-refractivity contribution in [3.63, 3.8) is 0 Å². The van der Waals surface area contributed by atoms with Crippen LogP contribution in [0.2, 0.25) is 0 Å². The number of anilines is 1. The molecule has 8 nitrogen and oxygen atoms in total. The van der Waals surface area contributed by atoms with Gasteiger partial charge in [-0.25, -0.2) is 9.97 Å². The van der Waals surface area contributed by atoms with Gasteiger partial charge in [0.1, 0.15) is 5.82 Å². The van der Waals surface area contributed by atoms with Gasteiger partial charge in [0, 0.05) is 30.4 Å². The molecule has 2 N–H and O–H groups in total. The fourth-order valence-electron chi connectivity index (χ4n) is 3.68. The average molecular weight is 489 g/mol. The van der Waals surface area contributed by atoms with Crippen LogP contribution in [0.25, 0.3) is 22.8 Å². The number of aromatic amines is 1. The number of nitrogens with one attached hydrogen (secondary N) is 1. The van der Waals surface area contributed by atoms with Crippen molar-refractivity contribution < 1.29 is 27.8 Å². The maximum absolute atomic E-state index is 12.8. The molecule has 35 heavy (non-hydrogen) atoms. The minimum absolute atomic E-state index is 0.0148. The van der Waals surface area contributed by atoms with Gasteiger partial charge in [-0.05, 0) is 51.0 Å². The van der Waals surface area contributed by atoms with Gasteiger partial charge in [-0.15, -0.1) is 0 Å². The Labute approximate surface area is 200 Å². The summed E-state index contributed by atoms with van der Waals surface area (Å²) >= 11 is 0. The Morgan fingerprint density at radius 3 is 2.34 bits per heavy atom. The molecule has 186 valence electrons. The highest BCUT2D eigenvalue weighted by Gasteiger charge is 2.31. The summed E-state index contributed by atoms with van der Waals surface area (Å²) in [5.41, 5.74) is -0.461. The number of rotatable bonds is 7. The predicted octanol–water partition coefficient (Wildman–Crippen LogP) is 4.65. The third-order valence-electron chi connectivity index (χ3n) is 6.00. The van der Waals surface area contributed by atoms with Crippen molar-refractivity contribution >= 4 is 11.8 Å². The summed E-state index contributed by atoms with van der Waals surface area (Å²) < 4.78 is 44.1. The van der Waals surface area contributed by atoms with E-state index in [4.69, 9.17) is 4.74 Å². The third kappa shape index (κ3) is 5.79. The molecule has 0 amide bonds. The topological polar surface area (TPSA) is 104 Å². The van der Waals surface area contributed by atoms with E-state index in [1.165, 1.54) is 12.1 Å². The standard InChI is InChI=1S/C24H26F3N5O3/c1-23(2,22(33)34)14-35-18-9-11-32(12-10-18)19-8-5-16(13-28-19)21-29-20(30-31-21)15-3-6-17(7-4-15)24(25,26)27/h3-8,13,18H,9-12,14H2,1-2H3,(H,33,34)(H,29,30,31). The molecule has 2 aromatic heterocycles. The van der Waals surface area contributed by atoms with Gasteiger partial charge in [0.25, 0.3) is 0 Å². The van der Waals surface area contributed by atoms with Crippen LogP contribution in [-0.4, -0.2) is 57.0 Å². The number of benzene rings is 1. The van der Waals surface area contributed by atoms with E-state index in [9.17, 15) is 23.1 Å². The summed E-state index contributed by atoms with van der Waals surface area (Å²) in [7, 11) is 0. The molecule has 4 rings (SSSR count). The largest absolute Gasteiger partial charge is 0.481 e. The quantitative estimate of drug-likeness (QED) is 0.498. The van der Waals surface area contributed by atoms with Crippen LogP contribution in [0.3, 0.4) is 0 Å². The van der Waals surface area contributed by atoms with Crippen molar-refractivity contribution in [3.8, 4) is 22.8 Å². The molecule has 1 saturated heterocycles. The molecular formula is C24H26F3N5O3. The zero-order chi connectivity index (χ0) is 25.2. The summed E-state index contributed by atoms with van der Waals surface area (Å²) in [5.74, 6) is 0.687. The van der Waals surface area contributed by atoms with Gasteiger partial charge in [0.05, 0.1) is 23.7 Å². The zero-order valence-electron chi connectivity index (χ0n) is 19.3. The van der Waals surface area contributed by atoms with Crippen molar-refractivity contribution in [1.29, 1.82) is 0 Å². The molecule has 11 heteroatoms. The Hall–Kier alpha value is -3.47. The second kappa shape index (κ2) is 9.65. The maximum atomic E-state index is 12.8. The van der Waals surface area contributed by atoms with E-state index >= 15 is 0 Å². The summed E-state index contributed by atoms with van der Waals surface area (Å²) in [5, 5.41) is 16.1. The number of pyridine rings is 1. The summed E-state index contributed by atoms with van der Waals surface area (Å²) in [6.45, 7) is 4.95. The maximum Gasteiger partial charge on any atom is 0.416 e. The van der Waals surface area contributed by atoms with Crippen molar-refractivity contribution in [1.82, 2.24) is 20.2 Å². The van der Waals surface area contributed by atoms with E-state index in [0.29, 0.717) is 22.8 Å². The Balaban J connectivity index is 1.35. The lowest BCUT2D eigenvalue weighted by atomic mass is 9.95. The Morgan fingerprint density at radius 2 is 1.77 bits per heavy atom. The van der Waals surface area contributed by atoms with Crippen LogP contribution in [0.4, 0.5) is 19.0 Å². The number of carboxylic acids is 1. The molecule has 0 spiro atoms. The third-order valence-corrected chi connectivity index (χ3v) is 6.00. The van der Waals surface area contributed by atoms with E-state index in [0.717, 1.165) is 43.9 Å². The number of hydrogen-bond donors (Lipinski definition) is 2. The molecule has 0 radical (unpaired) electrons. The van der Waals surface area contributed by atoms with Crippen molar-refractivity contribution in [3.05, 3.63) is 48.2 Å². The Morgan fingerprint density at radius 1 is 1.11 bits per heavy atom. The lowest BCUT2D eigenvalue weighted by Gasteiger charge is -2.34. The number of aliphatic carboxylic acids is 1. The van der Waals surface area contributed by atoms with Crippen LogP contribution in [0.1, 0.15) is 32.3 Å². The number of carbonyl (C=O) groups is 1. The smallest absolute Gasteiger partial charge is 0.416 e. The van der Waals surface area contributed by atoms with E-state index in [1.807, 2.05) is 12.1 Å². The highest BCUT2D eigenvalue weighted by atomic mass is 19.4. The summed E-state index contributed by atoms with van der Waals surface area (Å²) in [6, 6.07) is 8.44. The Kier molecular flexibility index (Phi) is 6.79. The molecule has 3 heterocycles. The monoisotopic (exact) mass is 489 g/mol. The van der Waals surface area contributed by atoms with Crippen molar-refractivity contribution in [2.45, 2.75) is 39.0 Å². The summed E-state index contributed by atoms with van der Waals surface area (Å²) in [4.78, 5) is 22.3. The molecule has 0 saturated carbocycles. The van der Waals surface area contributed by atoms with E-state index in [2.05, 4.69) is 25.1 Å². The van der Waals surface area contributed by atoms with E-state index in [1.54, 1.807) is 20.0 Å². The van der Waals surface area contributed by atoms with Gasteiger partial charge in [-0.3, -0.25) is 9.89 Å². The highest BCUT2D eigenvalue weighted by Crippen LogP contribution is 2.31. The van der Waals surface area contributed by atoms with Crippen LogP contribution >= 0.6 is 0 Å². The SMILES string of the molecule is CC(C)(COC1CCN(c2ccc(-c3n[nH]c(-c4ccc(C(F)(F)F)cc4)n3)cn2)CC1)C(=O)O. The van der Waals surface area contributed by atoms with Crippen LogP contribution in [-0.2, 0) is 15.7 Å². The van der Waals surface area contributed by atoms with Gasteiger partial charge >= 0.3 is 12.1 Å². The van der Waals surface area contributed by atoms with E-state index in [-0.39, 0.29) is 12.7 Å². The molecule has 0 atom stereocenters. The number of ether oxygens (including phenoxy) is 1. The lowest BCUT2D eigenvalue weighted by Crippen LogP contribution is -2.39. The zero-order valence-corrected chi connectivity index (χ0v) is 19.3. The number of aromatic nitrogens is 4. The number of piperidine rings is 1. The number of carboxylic acid groups (broad SMARTS) is 1. The summed E-state index contributed by atoms with van der Waals surface area (Å²) in [6.07, 6.45) is -1.17. The van der Waals surface area contributed by atoms with Crippen LogP contribution in [0, 0.1) is 5.41 Å². The predicted molar refractivity (Wildman–Crippen MR) is 123 cm³/mol. The molecule has 0 aliphatic carbocycles. The molecular weight excluding hydrogens is 463 g/mol. The van der Waals surface area contributed by atoms with Crippen LogP contribution in [0.5, 0.6) is 0 Å². The van der Waals surface area contributed by atoms with Gasteiger partial charge in [0.15, 0.2) is 11.6 Å². The molecule has 1 fully saturated rings. The first-order valence-corrected chi connectivity index (χ1v) is 11.2. The number of hydrogen-bond acceptors (Lipinski definition) is 6. The van der Waals surface area contributed by atoms with Gasteiger partial charge in [-0.1, -0.05) is 12.1 Å². The fraction of sp³-hybridized carbons (Fsp3) is 0.417. The second-order valence-electron chi connectivity index (χ2n) is 9.17. The van der Waals surface area contributed by atoms with Crippen LogP contribution in [0.15, 0.2) is 42.6 Å². The number of nitrogens with zero attached hydrogens (tertiary/aromatic N) is 4. The molecule has 0 bridgehead atoms. The lowest BCUT2D eigenvalue weighted by molar-refractivity contribution is -0.152. The van der Waals surface area contributed by atoms with E-state index < -0.39 is 23.1 Å². The molecule has 1 aromatic carbocycles. The molecule has 0 unspecified atom stereocenters. The highest BCUT2D eigenvalue weighted by molar-refractivity contribution is 5.73. The minimum Gasteiger partial charge on any atom is -0.481 e. The molecule has 3 aromatic rings. The van der Waals surface area contributed by atoms with Gasteiger partial charge in [-0.2, -0.15) is 18.3 Å². The first-order valence-electron chi connectivity index (χ1n) is 11.2. The van der Waals surface area contributed by atoms with Gasteiger partial charge in [0.2, 0.25) is 0 Å². The fourth-order valence-corrected chi connectivity index (χ4v) is 3.68. The molecule has 1 aliphatic heterocycles. The average Bonchev–Trinajstić information content (AvgIpc) is 3.33. The number of H-pyrrole nitrogens is 1. The van der Waals surface area contributed by atoms with Crippen molar-refractivity contribution in [2.75, 3.05) is 24.6 Å². The number of alkyl halides is 3. The second-order valence-corrected chi connectivity index (χ2v) is 9.17. The Bertz CT molecular complexity index is 1150. The normalized spacial score (nSPS) is 15.4. The van der Waals surface area contributed by atoms with Gasteiger partial charge < -0.3 is 14.7 Å². The van der Waals surface area contributed by atoms with Crippen LogP contribution < -0.4 is 4.90 Å². The minimum atomic E-state index is -4.39.